The van der Waals surface area contributed by atoms with Crippen LogP contribution < -0.4 is 15.0 Å². The number of nitrogens with zero attached hydrogens (tertiary/aromatic N) is 3. The zero-order chi connectivity index (χ0) is 24.7. The zero-order valence-corrected chi connectivity index (χ0v) is 21.6. The molecule has 2 aromatic carbocycles. The maximum atomic E-state index is 5.92. The Morgan fingerprint density at radius 3 is 2.40 bits per heavy atom. The van der Waals surface area contributed by atoms with Crippen LogP contribution in [0.25, 0.3) is 5.69 Å². The molecule has 0 saturated carbocycles. The number of aryl methyl sites for hydroxylation is 2. The van der Waals surface area contributed by atoms with E-state index < -0.39 is 0 Å². The van der Waals surface area contributed by atoms with Crippen LogP contribution in [0.15, 0.2) is 72.9 Å². The van der Waals surface area contributed by atoms with Crippen molar-refractivity contribution < 1.29 is 4.74 Å². The normalized spacial score (nSPS) is 17.5. The summed E-state index contributed by atoms with van der Waals surface area (Å²) in [6, 6.07) is 22.6. The first kappa shape index (κ1) is 23.1. The third-order valence-electron chi connectivity index (χ3n) is 7.05. The van der Waals surface area contributed by atoms with Gasteiger partial charge in [-0.1, -0.05) is 30.3 Å². The fourth-order valence-electron chi connectivity index (χ4n) is 5.19. The van der Waals surface area contributed by atoms with Gasteiger partial charge in [0.05, 0.1) is 30.6 Å². The van der Waals surface area contributed by atoms with Gasteiger partial charge in [-0.3, -0.25) is 4.98 Å². The highest BCUT2D eigenvalue weighted by molar-refractivity contribution is 7.80. The number of hydrogen-bond donors (Lipinski definition) is 1. The minimum Gasteiger partial charge on any atom is -0.495 e. The van der Waals surface area contributed by atoms with E-state index in [0.29, 0.717) is 5.11 Å². The predicted molar refractivity (Wildman–Crippen MR) is 146 cm³/mol. The molecule has 1 saturated heterocycles. The molecule has 1 aliphatic rings. The number of para-hydroxylation sites is 2. The quantitative estimate of drug-likeness (QED) is 0.339. The zero-order valence-electron chi connectivity index (χ0n) is 20.7. The standard InChI is InChI=1S/C29H30N4OS/c1-18-11-10-14-24(20(18)3)32-19(2)17-22(21(32)4)28-27(23-12-8-9-16-30-23)31-29(35)33(28)25-13-6-7-15-26(25)34-5/h6-17,27-28H,1-5H3,(H,31,35)/t27-,28+/m0/s1. The van der Waals surface area contributed by atoms with Crippen LogP contribution in [0.3, 0.4) is 0 Å². The Hall–Kier alpha value is -3.64. The van der Waals surface area contributed by atoms with Crippen LogP contribution in [0.4, 0.5) is 5.69 Å². The third-order valence-corrected chi connectivity index (χ3v) is 7.36. The van der Waals surface area contributed by atoms with Gasteiger partial charge >= 0.3 is 0 Å². The molecular weight excluding hydrogens is 452 g/mol. The van der Waals surface area contributed by atoms with Crippen molar-refractivity contribution in [3.8, 4) is 11.4 Å². The number of nitrogens with one attached hydrogen (secondary N) is 1. The molecule has 178 valence electrons. The van der Waals surface area contributed by atoms with Crippen molar-refractivity contribution in [3.63, 3.8) is 0 Å². The summed E-state index contributed by atoms with van der Waals surface area (Å²) < 4.78 is 8.09. The van der Waals surface area contributed by atoms with E-state index in [2.05, 4.69) is 78.9 Å². The molecule has 1 fully saturated rings. The van der Waals surface area contributed by atoms with E-state index in [1.807, 2.05) is 36.5 Å². The number of anilines is 1. The molecule has 35 heavy (non-hydrogen) atoms. The summed E-state index contributed by atoms with van der Waals surface area (Å²) in [6.07, 6.45) is 1.84. The van der Waals surface area contributed by atoms with Gasteiger partial charge in [-0.2, -0.15) is 0 Å². The molecule has 4 aromatic rings. The summed E-state index contributed by atoms with van der Waals surface area (Å²) >= 11 is 5.92. The van der Waals surface area contributed by atoms with Crippen molar-refractivity contribution in [2.75, 3.05) is 12.0 Å². The molecule has 0 amide bonds. The van der Waals surface area contributed by atoms with E-state index in [1.54, 1.807) is 7.11 Å². The van der Waals surface area contributed by atoms with Gasteiger partial charge < -0.3 is 19.5 Å². The Morgan fingerprint density at radius 2 is 1.66 bits per heavy atom. The molecule has 0 spiro atoms. The summed E-state index contributed by atoms with van der Waals surface area (Å²) in [7, 11) is 1.70. The first-order valence-corrected chi connectivity index (χ1v) is 12.2. The van der Waals surface area contributed by atoms with Gasteiger partial charge in [-0.25, -0.2) is 0 Å². The lowest BCUT2D eigenvalue weighted by Gasteiger charge is -2.29. The molecule has 1 aliphatic heterocycles. The second-order valence-corrected chi connectivity index (χ2v) is 9.44. The van der Waals surface area contributed by atoms with Crippen molar-refractivity contribution in [1.82, 2.24) is 14.9 Å². The number of methoxy groups -OCH3 is 1. The molecule has 0 bridgehead atoms. The van der Waals surface area contributed by atoms with Crippen molar-refractivity contribution in [1.29, 1.82) is 0 Å². The van der Waals surface area contributed by atoms with Crippen molar-refractivity contribution >= 4 is 23.0 Å². The van der Waals surface area contributed by atoms with E-state index >= 15 is 0 Å². The van der Waals surface area contributed by atoms with E-state index in [4.69, 9.17) is 21.9 Å². The van der Waals surface area contributed by atoms with Crippen LogP contribution >= 0.6 is 12.2 Å². The minimum absolute atomic E-state index is 0.0984. The molecule has 1 N–H and O–H groups in total. The smallest absolute Gasteiger partial charge is 0.174 e. The Kier molecular flexibility index (Phi) is 6.07. The van der Waals surface area contributed by atoms with Gasteiger partial charge in [0, 0.05) is 23.3 Å². The van der Waals surface area contributed by atoms with Crippen LogP contribution in [-0.2, 0) is 0 Å². The number of aromatic nitrogens is 2. The lowest BCUT2D eigenvalue weighted by Crippen LogP contribution is -2.30. The second kappa shape index (κ2) is 9.19. The number of rotatable bonds is 5. The van der Waals surface area contributed by atoms with Gasteiger partial charge in [-0.05, 0) is 93.0 Å². The van der Waals surface area contributed by atoms with Crippen LogP contribution in [0.5, 0.6) is 5.75 Å². The number of pyridine rings is 1. The molecule has 0 unspecified atom stereocenters. The van der Waals surface area contributed by atoms with E-state index in [9.17, 15) is 0 Å². The van der Waals surface area contributed by atoms with Crippen molar-refractivity contribution in [2.24, 2.45) is 0 Å². The van der Waals surface area contributed by atoms with Crippen LogP contribution in [-0.4, -0.2) is 21.8 Å². The molecule has 2 aromatic heterocycles. The highest BCUT2D eigenvalue weighted by atomic mass is 32.1. The van der Waals surface area contributed by atoms with Crippen molar-refractivity contribution in [3.05, 3.63) is 107 Å². The molecular formula is C29H30N4OS. The predicted octanol–water partition coefficient (Wildman–Crippen LogP) is 6.29. The summed E-state index contributed by atoms with van der Waals surface area (Å²) in [5.74, 6) is 0.784. The SMILES string of the molecule is COc1ccccc1N1C(=S)N[C@@H](c2ccccn2)[C@H]1c1cc(C)n(-c2cccc(C)c2C)c1C. The average Bonchev–Trinajstić information content (AvgIpc) is 3.36. The van der Waals surface area contributed by atoms with Crippen LogP contribution in [0.2, 0.25) is 0 Å². The molecule has 0 radical (unpaired) electrons. The topological polar surface area (TPSA) is 42.3 Å². The Labute approximate surface area is 212 Å². The van der Waals surface area contributed by atoms with Gasteiger partial charge in [0.25, 0.3) is 0 Å². The Bertz CT molecular complexity index is 1400. The lowest BCUT2D eigenvalue weighted by atomic mass is 9.96. The molecule has 6 heteroatoms. The van der Waals surface area contributed by atoms with Crippen LogP contribution in [0, 0.1) is 27.7 Å². The Morgan fingerprint density at radius 1 is 0.914 bits per heavy atom. The summed E-state index contributed by atoms with van der Waals surface area (Å²) in [5, 5.41) is 4.22. The third kappa shape index (κ3) is 3.88. The monoisotopic (exact) mass is 482 g/mol. The van der Waals surface area contributed by atoms with Gasteiger partial charge in [-0.15, -0.1) is 0 Å². The number of benzene rings is 2. The number of hydrogen-bond acceptors (Lipinski definition) is 3. The molecule has 5 rings (SSSR count). The van der Waals surface area contributed by atoms with Gasteiger partial charge in [0.1, 0.15) is 5.75 Å². The first-order valence-electron chi connectivity index (χ1n) is 11.8. The van der Waals surface area contributed by atoms with E-state index in [1.165, 1.54) is 33.8 Å². The van der Waals surface area contributed by atoms with Gasteiger partial charge in [0.15, 0.2) is 5.11 Å². The molecule has 5 nitrogen and oxygen atoms in total. The van der Waals surface area contributed by atoms with E-state index in [-0.39, 0.29) is 12.1 Å². The van der Waals surface area contributed by atoms with E-state index in [0.717, 1.165) is 17.1 Å². The highest BCUT2D eigenvalue weighted by Gasteiger charge is 2.43. The second-order valence-electron chi connectivity index (χ2n) is 9.05. The maximum absolute atomic E-state index is 5.92. The first-order chi connectivity index (χ1) is 16.9. The largest absolute Gasteiger partial charge is 0.495 e. The summed E-state index contributed by atoms with van der Waals surface area (Å²) in [4.78, 5) is 6.88. The maximum Gasteiger partial charge on any atom is 0.174 e. The average molecular weight is 483 g/mol. The van der Waals surface area contributed by atoms with Crippen molar-refractivity contribution in [2.45, 2.75) is 39.8 Å². The van der Waals surface area contributed by atoms with Crippen LogP contribution in [0.1, 0.15) is 45.9 Å². The Balaban J connectivity index is 1.72. The van der Waals surface area contributed by atoms with Gasteiger partial charge in [0.2, 0.25) is 0 Å². The molecule has 3 heterocycles. The molecule has 2 atom stereocenters. The highest BCUT2D eigenvalue weighted by Crippen LogP contribution is 2.46. The summed E-state index contributed by atoms with van der Waals surface area (Å²) in [5.41, 5.74) is 9.24. The lowest BCUT2D eigenvalue weighted by molar-refractivity contribution is 0.414. The molecule has 0 aliphatic carbocycles. The fourth-order valence-corrected chi connectivity index (χ4v) is 5.53. The summed E-state index contributed by atoms with van der Waals surface area (Å²) in [6.45, 7) is 8.71. The number of thiocarbonyl (C=S) groups is 1. The minimum atomic E-state index is -0.110. The number of ether oxygens (including phenoxy) is 1. The fraction of sp³-hybridized carbons (Fsp3) is 0.241.